The van der Waals surface area contributed by atoms with Crippen LogP contribution in [-0.4, -0.2) is 18.8 Å². The van der Waals surface area contributed by atoms with Crippen molar-refractivity contribution >= 4 is 5.69 Å². The van der Waals surface area contributed by atoms with Crippen LogP contribution in [-0.2, 0) is 0 Å². The first-order valence-electron chi connectivity index (χ1n) is 6.11. The summed E-state index contributed by atoms with van der Waals surface area (Å²) in [7, 11) is 1.48. The van der Waals surface area contributed by atoms with Crippen LogP contribution in [0.1, 0.15) is 11.7 Å². The zero-order valence-electron chi connectivity index (χ0n) is 10.9. The number of nitrogens with one attached hydrogen (secondary N) is 1. The highest BCUT2D eigenvalue weighted by Crippen LogP contribution is 2.22. The van der Waals surface area contributed by atoms with E-state index in [1.165, 1.54) is 43.5 Å². The van der Waals surface area contributed by atoms with E-state index in [9.17, 15) is 13.9 Å². The van der Waals surface area contributed by atoms with Gasteiger partial charge in [0.25, 0.3) is 0 Å². The van der Waals surface area contributed by atoms with E-state index in [2.05, 4.69) is 5.32 Å². The van der Waals surface area contributed by atoms with Gasteiger partial charge in [0.15, 0.2) is 0 Å². The molecular formula is C15H15F2NO2. The van der Waals surface area contributed by atoms with Gasteiger partial charge in [0.2, 0.25) is 0 Å². The summed E-state index contributed by atoms with van der Waals surface area (Å²) >= 11 is 0. The molecule has 0 fully saturated rings. The van der Waals surface area contributed by atoms with Crippen molar-refractivity contribution in [1.82, 2.24) is 0 Å². The second kappa shape index (κ2) is 6.34. The fourth-order valence-electron chi connectivity index (χ4n) is 1.81. The first kappa shape index (κ1) is 14.3. The van der Waals surface area contributed by atoms with E-state index in [0.717, 1.165) is 0 Å². The van der Waals surface area contributed by atoms with Crippen LogP contribution in [0.5, 0.6) is 5.75 Å². The van der Waals surface area contributed by atoms with Crippen molar-refractivity contribution in [1.29, 1.82) is 0 Å². The minimum Gasteiger partial charge on any atom is -0.497 e. The van der Waals surface area contributed by atoms with E-state index < -0.39 is 17.7 Å². The normalized spacial score (nSPS) is 12.0. The molecular weight excluding hydrogens is 264 g/mol. The molecule has 0 aliphatic rings. The highest BCUT2D eigenvalue weighted by atomic mass is 19.1. The minimum atomic E-state index is -0.934. The van der Waals surface area contributed by atoms with Crippen LogP contribution in [0.15, 0.2) is 42.5 Å². The number of hydrogen-bond acceptors (Lipinski definition) is 3. The first-order valence-corrected chi connectivity index (χ1v) is 6.11. The number of benzene rings is 2. The van der Waals surface area contributed by atoms with Crippen LogP contribution < -0.4 is 10.1 Å². The molecule has 0 aliphatic heterocycles. The standard InChI is InChI=1S/C15H15F2NO2/c1-20-12-5-6-13(17)14(8-12)18-9-15(19)10-3-2-4-11(16)7-10/h2-8,15,18-19H,9H2,1H3. The molecule has 2 aromatic carbocycles. The number of halogens is 2. The lowest BCUT2D eigenvalue weighted by Crippen LogP contribution is -2.13. The molecule has 0 saturated heterocycles. The van der Waals surface area contributed by atoms with E-state index >= 15 is 0 Å². The number of hydrogen-bond donors (Lipinski definition) is 2. The van der Waals surface area contributed by atoms with Crippen molar-refractivity contribution < 1.29 is 18.6 Å². The molecule has 1 unspecified atom stereocenters. The fraction of sp³-hybridized carbons (Fsp3) is 0.200. The summed E-state index contributed by atoms with van der Waals surface area (Å²) in [6.45, 7) is 0.0630. The largest absolute Gasteiger partial charge is 0.497 e. The van der Waals surface area contributed by atoms with Crippen LogP contribution in [0.2, 0.25) is 0 Å². The second-order valence-electron chi connectivity index (χ2n) is 4.30. The lowest BCUT2D eigenvalue weighted by molar-refractivity contribution is 0.191. The molecule has 2 aromatic rings. The van der Waals surface area contributed by atoms with Crippen LogP contribution in [0, 0.1) is 11.6 Å². The summed E-state index contributed by atoms with van der Waals surface area (Å²) in [5.74, 6) is -0.361. The van der Waals surface area contributed by atoms with Gasteiger partial charge in [-0.05, 0) is 29.8 Å². The number of methoxy groups -OCH3 is 1. The maximum absolute atomic E-state index is 13.6. The van der Waals surface area contributed by atoms with Gasteiger partial charge in [0, 0.05) is 12.6 Å². The molecule has 3 nitrogen and oxygen atoms in total. The lowest BCUT2D eigenvalue weighted by Gasteiger charge is -2.14. The molecule has 1 atom stereocenters. The van der Waals surface area contributed by atoms with Gasteiger partial charge in [-0.2, -0.15) is 0 Å². The summed E-state index contributed by atoms with van der Waals surface area (Å²) in [5.41, 5.74) is 0.653. The third kappa shape index (κ3) is 3.45. The molecule has 0 radical (unpaired) electrons. The highest BCUT2D eigenvalue weighted by Gasteiger charge is 2.10. The van der Waals surface area contributed by atoms with Crippen LogP contribution in [0.4, 0.5) is 14.5 Å². The van der Waals surface area contributed by atoms with E-state index in [1.807, 2.05) is 0 Å². The maximum atomic E-state index is 13.6. The Kier molecular flexibility index (Phi) is 4.53. The number of anilines is 1. The Balaban J connectivity index is 2.05. The molecule has 20 heavy (non-hydrogen) atoms. The topological polar surface area (TPSA) is 41.5 Å². The van der Waals surface area contributed by atoms with E-state index in [1.54, 1.807) is 6.07 Å². The average molecular weight is 279 g/mol. The molecule has 0 bridgehead atoms. The highest BCUT2D eigenvalue weighted by molar-refractivity contribution is 5.49. The Hall–Kier alpha value is -2.14. The van der Waals surface area contributed by atoms with E-state index in [0.29, 0.717) is 11.3 Å². The zero-order valence-corrected chi connectivity index (χ0v) is 10.9. The van der Waals surface area contributed by atoms with Gasteiger partial charge in [-0.3, -0.25) is 0 Å². The summed E-state index contributed by atoms with van der Waals surface area (Å²) in [6, 6.07) is 9.93. The van der Waals surface area contributed by atoms with Gasteiger partial charge in [-0.25, -0.2) is 8.78 Å². The molecule has 0 spiro atoms. The Morgan fingerprint density at radius 2 is 2.00 bits per heavy atom. The van der Waals surface area contributed by atoms with Gasteiger partial charge in [0.1, 0.15) is 17.4 Å². The Morgan fingerprint density at radius 1 is 1.20 bits per heavy atom. The van der Waals surface area contributed by atoms with Crippen LogP contribution in [0.25, 0.3) is 0 Å². The number of rotatable bonds is 5. The molecule has 0 aromatic heterocycles. The Labute approximate surface area is 115 Å². The summed E-state index contributed by atoms with van der Waals surface area (Å²) in [5, 5.41) is 12.7. The number of aliphatic hydroxyl groups excluding tert-OH is 1. The molecule has 106 valence electrons. The fourth-order valence-corrected chi connectivity index (χ4v) is 1.81. The van der Waals surface area contributed by atoms with Crippen LogP contribution >= 0.6 is 0 Å². The molecule has 2 rings (SSSR count). The molecule has 0 saturated carbocycles. The number of aliphatic hydroxyl groups is 1. The minimum absolute atomic E-state index is 0.0630. The third-order valence-electron chi connectivity index (χ3n) is 2.89. The summed E-state index contributed by atoms with van der Waals surface area (Å²) in [4.78, 5) is 0. The lowest BCUT2D eigenvalue weighted by atomic mass is 10.1. The molecule has 0 amide bonds. The predicted molar refractivity (Wildman–Crippen MR) is 72.8 cm³/mol. The summed E-state index contributed by atoms with van der Waals surface area (Å²) in [6.07, 6.45) is -0.934. The second-order valence-corrected chi connectivity index (χ2v) is 4.30. The number of ether oxygens (including phenoxy) is 1. The van der Waals surface area contributed by atoms with Gasteiger partial charge in [-0.15, -0.1) is 0 Å². The van der Waals surface area contributed by atoms with E-state index in [-0.39, 0.29) is 12.2 Å². The maximum Gasteiger partial charge on any atom is 0.146 e. The van der Waals surface area contributed by atoms with Gasteiger partial charge in [0.05, 0.1) is 18.9 Å². The van der Waals surface area contributed by atoms with Crippen molar-refractivity contribution in [3.05, 3.63) is 59.7 Å². The molecule has 0 aliphatic carbocycles. The summed E-state index contributed by atoms with van der Waals surface area (Å²) < 4.78 is 31.6. The van der Waals surface area contributed by atoms with Crippen LogP contribution in [0.3, 0.4) is 0 Å². The monoisotopic (exact) mass is 279 g/mol. The van der Waals surface area contributed by atoms with Crippen molar-refractivity contribution in [3.8, 4) is 5.75 Å². The van der Waals surface area contributed by atoms with Gasteiger partial charge in [-0.1, -0.05) is 12.1 Å². The SMILES string of the molecule is COc1ccc(F)c(NCC(O)c2cccc(F)c2)c1. The first-order chi connectivity index (χ1) is 9.60. The van der Waals surface area contributed by atoms with E-state index in [4.69, 9.17) is 4.74 Å². The molecule has 0 heterocycles. The van der Waals surface area contributed by atoms with Crippen molar-refractivity contribution in [2.75, 3.05) is 19.0 Å². The Morgan fingerprint density at radius 3 is 2.70 bits per heavy atom. The molecule has 5 heteroatoms. The van der Waals surface area contributed by atoms with Crippen molar-refractivity contribution in [2.24, 2.45) is 0 Å². The average Bonchev–Trinajstić information content (AvgIpc) is 2.46. The molecule has 2 N–H and O–H groups in total. The zero-order chi connectivity index (χ0) is 14.5. The van der Waals surface area contributed by atoms with Crippen molar-refractivity contribution in [2.45, 2.75) is 6.10 Å². The Bertz CT molecular complexity index is 590. The quantitative estimate of drug-likeness (QED) is 0.883. The van der Waals surface area contributed by atoms with Crippen molar-refractivity contribution in [3.63, 3.8) is 0 Å². The van der Waals surface area contributed by atoms with Gasteiger partial charge < -0.3 is 15.2 Å². The predicted octanol–water partition coefficient (Wildman–Crippen LogP) is 3.12. The van der Waals surface area contributed by atoms with Gasteiger partial charge >= 0.3 is 0 Å². The third-order valence-corrected chi connectivity index (χ3v) is 2.89. The smallest absolute Gasteiger partial charge is 0.146 e.